The van der Waals surface area contributed by atoms with Crippen molar-refractivity contribution in [3.63, 3.8) is 0 Å². The Morgan fingerprint density at radius 3 is 2.89 bits per heavy atom. The molecular formula is C13H16N2O3. The Labute approximate surface area is 105 Å². The van der Waals surface area contributed by atoms with E-state index in [0.717, 1.165) is 11.3 Å². The van der Waals surface area contributed by atoms with Gasteiger partial charge in [-0.05, 0) is 6.07 Å². The first-order valence-corrected chi connectivity index (χ1v) is 6.11. The molecule has 0 saturated carbocycles. The molecule has 0 radical (unpaired) electrons. The van der Waals surface area contributed by atoms with Crippen LogP contribution in [0.15, 0.2) is 24.3 Å². The second-order valence-electron chi connectivity index (χ2n) is 4.72. The SMILES string of the molecule is NC1COCC1C(=O)NC1COc2ccccc21. The van der Waals surface area contributed by atoms with E-state index in [2.05, 4.69) is 5.32 Å². The zero-order valence-electron chi connectivity index (χ0n) is 9.96. The molecule has 18 heavy (non-hydrogen) atoms. The lowest BCUT2D eigenvalue weighted by atomic mass is 10.0. The molecule has 1 amide bonds. The number of nitrogens with two attached hydrogens (primary N) is 1. The van der Waals surface area contributed by atoms with Crippen molar-refractivity contribution in [1.29, 1.82) is 0 Å². The van der Waals surface area contributed by atoms with Crippen molar-refractivity contribution in [1.82, 2.24) is 5.32 Å². The quantitative estimate of drug-likeness (QED) is 0.784. The molecule has 5 nitrogen and oxygen atoms in total. The maximum atomic E-state index is 12.1. The summed E-state index contributed by atoms with van der Waals surface area (Å²) >= 11 is 0. The maximum Gasteiger partial charge on any atom is 0.227 e. The summed E-state index contributed by atoms with van der Waals surface area (Å²) in [7, 11) is 0. The van der Waals surface area contributed by atoms with Crippen molar-refractivity contribution < 1.29 is 14.3 Å². The number of benzene rings is 1. The van der Waals surface area contributed by atoms with Gasteiger partial charge in [0.15, 0.2) is 0 Å². The highest BCUT2D eigenvalue weighted by Crippen LogP contribution is 2.31. The van der Waals surface area contributed by atoms with E-state index in [1.54, 1.807) is 0 Å². The predicted octanol–water partition coefficient (Wildman–Crippen LogP) is 0.210. The Balaban J connectivity index is 1.69. The van der Waals surface area contributed by atoms with E-state index in [1.807, 2.05) is 24.3 Å². The van der Waals surface area contributed by atoms with Gasteiger partial charge >= 0.3 is 0 Å². The summed E-state index contributed by atoms with van der Waals surface area (Å²) in [6, 6.07) is 7.45. The fraction of sp³-hybridized carbons (Fsp3) is 0.462. The lowest BCUT2D eigenvalue weighted by Gasteiger charge is -2.17. The third-order valence-electron chi connectivity index (χ3n) is 3.48. The molecule has 1 aromatic carbocycles. The van der Waals surface area contributed by atoms with Crippen LogP contribution in [0.25, 0.3) is 0 Å². The number of hydrogen-bond acceptors (Lipinski definition) is 4. The summed E-state index contributed by atoms with van der Waals surface area (Å²) in [4.78, 5) is 12.1. The Morgan fingerprint density at radius 1 is 1.28 bits per heavy atom. The van der Waals surface area contributed by atoms with E-state index >= 15 is 0 Å². The standard InChI is InChI=1S/C13H16N2O3/c14-10-6-17-5-9(10)13(16)15-11-7-18-12-4-2-1-3-8(11)12/h1-4,9-11H,5-7,14H2,(H,15,16). The number of nitrogens with one attached hydrogen (secondary N) is 1. The van der Waals surface area contributed by atoms with Crippen molar-refractivity contribution in [3.8, 4) is 5.75 Å². The number of hydrogen-bond donors (Lipinski definition) is 2. The van der Waals surface area contributed by atoms with Crippen LogP contribution in [0, 0.1) is 5.92 Å². The summed E-state index contributed by atoms with van der Waals surface area (Å²) in [5.41, 5.74) is 6.86. The highest BCUT2D eigenvalue weighted by molar-refractivity contribution is 5.80. The monoisotopic (exact) mass is 248 g/mol. The van der Waals surface area contributed by atoms with Gasteiger partial charge in [-0.15, -0.1) is 0 Å². The van der Waals surface area contributed by atoms with Crippen LogP contribution in [-0.2, 0) is 9.53 Å². The Bertz CT molecular complexity index is 463. The smallest absolute Gasteiger partial charge is 0.227 e. The van der Waals surface area contributed by atoms with E-state index in [4.69, 9.17) is 15.2 Å². The number of rotatable bonds is 2. The van der Waals surface area contributed by atoms with Crippen LogP contribution in [0.5, 0.6) is 5.75 Å². The molecule has 0 aromatic heterocycles. The Hall–Kier alpha value is -1.59. The zero-order valence-corrected chi connectivity index (χ0v) is 9.96. The minimum atomic E-state index is -0.252. The van der Waals surface area contributed by atoms with Crippen LogP contribution in [0.3, 0.4) is 0 Å². The number of amides is 1. The minimum Gasteiger partial charge on any atom is -0.491 e. The second-order valence-corrected chi connectivity index (χ2v) is 4.72. The fourth-order valence-electron chi connectivity index (χ4n) is 2.40. The number of para-hydroxylation sites is 1. The van der Waals surface area contributed by atoms with Crippen molar-refractivity contribution in [2.24, 2.45) is 11.7 Å². The van der Waals surface area contributed by atoms with Crippen LogP contribution in [0.4, 0.5) is 0 Å². The number of carbonyl (C=O) groups excluding carboxylic acids is 1. The van der Waals surface area contributed by atoms with Crippen LogP contribution < -0.4 is 15.8 Å². The average molecular weight is 248 g/mol. The van der Waals surface area contributed by atoms with Gasteiger partial charge in [-0.3, -0.25) is 4.79 Å². The topological polar surface area (TPSA) is 73.6 Å². The molecule has 96 valence electrons. The van der Waals surface area contributed by atoms with E-state index in [-0.39, 0.29) is 23.9 Å². The molecule has 2 aliphatic heterocycles. The second kappa shape index (κ2) is 4.59. The lowest BCUT2D eigenvalue weighted by molar-refractivity contribution is -0.126. The largest absolute Gasteiger partial charge is 0.491 e. The van der Waals surface area contributed by atoms with E-state index in [1.165, 1.54) is 0 Å². The first kappa shape index (κ1) is 11.5. The first-order valence-electron chi connectivity index (χ1n) is 6.11. The van der Waals surface area contributed by atoms with Crippen molar-refractivity contribution in [3.05, 3.63) is 29.8 Å². The lowest BCUT2D eigenvalue weighted by Crippen LogP contribution is -2.42. The van der Waals surface area contributed by atoms with Gasteiger partial charge in [-0.1, -0.05) is 18.2 Å². The molecule has 2 aliphatic rings. The van der Waals surface area contributed by atoms with Gasteiger partial charge in [0, 0.05) is 11.6 Å². The molecule has 0 aliphatic carbocycles. The van der Waals surface area contributed by atoms with E-state index in [9.17, 15) is 4.79 Å². The average Bonchev–Trinajstić information content (AvgIpc) is 2.97. The third kappa shape index (κ3) is 1.95. The van der Waals surface area contributed by atoms with Crippen LogP contribution in [0.2, 0.25) is 0 Å². The number of fused-ring (bicyclic) bond motifs is 1. The zero-order chi connectivity index (χ0) is 12.5. The normalized spacial score (nSPS) is 29.7. The fourth-order valence-corrected chi connectivity index (χ4v) is 2.40. The molecule has 3 N–H and O–H groups in total. The molecule has 3 atom stereocenters. The highest BCUT2D eigenvalue weighted by Gasteiger charge is 2.34. The molecule has 1 aromatic rings. The number of carbonyl (C=O) groups is 1. The van der Waals surface area contributed by atoms with Crippen molar-refractivity contribution in [2.75, 3.05) is 19.8 Å². The van der Waals surface area contributed by atoms with Crippen molar-refractivity contribution >= 4 is 5.91 Å². The molecule has 3 rings (SSSR count). The van der Waals surface area contributed by atoms with E-state index < -0.39 is 0 Å². The van der Waals surface area contributed by atoms with Crippen LogP contribution in [0.1, 0.15) is 11.6 Å². The molecule has 1 fully saturated rings. The van der Waals surface area contributed by atoms with E-state index in [0.29, 0.717) is 19.8 Å². The van der Waals surface area contributed by atoms with Gasteiger partial charge < -0.3 is 20.5 Å². The molecule has 0 bridgehead atoms. The first-order chi connectivity index (χ1) is 8.75. The molecule has 0 spiro atoms. The summed E-state index contributed by atoms with van der Waals surface area (Å²) in [6.45, 7) is 1.34. The van der Waals surface area contributed by atoms with Gasteiger partial charge in [0.2, 0.25) is 5.91 Å². The Morgan fingerprint density at radius 2 is 2.11 bits per heavy atom. The van der Waals surface area contributed by atoms with Crippen molar-refractivity contribution in [2.45, 2.75) is 12.1 Å². The van der Waals surface area contributed by atoms with Crippen LogP contribution in [-0.4, -0.2) is 31.8 Å². The maximum absolute atomic E-state index is 12.1. The summed E-state index contributed by atoms with van der Waals surface area (Å²) in [6.07, 6.45) is 0. The molecule has 1 saturated heterocycles. The summed E-state index contributed by atoms with van der Waals surface area (Å²) in [5, 5.41) is 2.98. The Kier molecular flexibility index (Phi) is 2.93. The minimum absolute atomic E-state index is 0.0506. The third-order valence-corrected chi connectivity index (χ3v) is 3.48. The molecular weight excluding hydrogens is 232 g/mol. The summed E-state index contributed by atoms with van der Waals surface area (Å²) < 4.78 is 10.7. The van der Waals surface area contributed by atoms with Crippen LogP contribution >= 0.6 is 0 Å². The van der Waals surface area contributed by atoms with Gasteiger partial charge in [0.1, 0.15) is 12.4 Å². The molecule has 5 heteroatoms. The predicted molar refractivity (Wildman–Crippen MR) is 65.1 cm³/mol. The van der Waals surface area contributed by atoms with Gasteiger partial charge in [0.05, 0.1) is 25.2 Å². The highest BCUT2D eigenvalue weighted by atomic mass is 16.5. The van der Waals surface area contributed by atoms with Gasteiger partial charge in [-0.25, -0.2) is 0 Å². The van der Waals surface area contributed by atoms with Gasteiger partial charge in [0.25, 0.3) is 0 Å². The summed E-state index contributed by atoms with van der Waals surface area (Å²) in [5.74, 6) is 0.540. The molecule has 2 heterocycles. The number of ether oxygens (including phenoxy) is 2. The molecule has 3 unspecified atom stereocenters. The van der Waals surface area contributed by atoms with Gasteiger partial charge in [-0.2, -0.15) is 0 Å².